The van der Waals surface area contributed by atoms with Crippen molar-refractivity contribution in [1.82, 2.24) is 20.1 Å². The van der Waals surface area contributed by atoms with Gasteiger partial charge in [-0.25, -0.2) is 4.79 Å². The van der Waals surface area contributed by atoms with Crippen LogP contribution in [-0.2, 0) is 0 Å². The van der Waals surface area contributed by atoms with Crippen LogP contribution in [0.1, 0.15) is 28.0 Å². The fraction of sp³-hybridized carbons (Fsp3) is 0.444. The molecular formula is C18H24N4OS. The number of aromatic nitrogens is 1. The highest BCUT2D eigenvalue weighted by Gasteiger charge is 2.32. The van der Waals surface area contributed by atoms with Crippen LogP contribution in [0.5, 0.6) is 0 Å². The minimum Gasteiger partial charge on any atom is -0.336 e. The molecule has 1 aliphatic rings. The summed E-state index contributed by atoms with van der Waals surface area (Å²) in [6.07, 6.45) is 3.62. The van der Waals surface area contributed by atoms with Crippen molar-refractivity contribution in [2.45, 2.75) is 18.9 Å². The van der Waals surface area contributed by atoms with Gasteiger partial charge in [0.15, 0.2) is 0 Å². The molecule has 1 N–H and O–H groups in total. The molecule has 0 bridgehead atoms. The van der Waals surface area contributed by atoms with Crippen LogP contribution in [0.15, 0.2) is 36.0 Å². The van der Waals surface area contributed by atoms with E-state index in [1.807, 2.05) is 29.4 Å². The normalized spacial score (nSPS) is 16.1. The van der Waals surface area contributed by atoms with E-state index >= 15 is 0 Å². The van der Waals surface area contributed by atoms with Crippen molar-refractivity contribution in [3.63, 3.8) is 0 Å². The van der Waals surface area contributed by atoms with E-state index in [2.05, 4.69) is 47.7 Å². The summed E-state index contributed by atoms with van der Waals surface area (Å²) < 4.78 is 0. The highest BCUT2D eigenvalue weighted by atomic mass is 32.1. The smallest absolute Gasteiger partial charge is 0.317 e. The van der Waals surface area contributed by atoms with E-state index in [4.69, 9.17) is 0 Å². The standard InChI is InChI=1S/C18H24N4OS/c1-13-6-9-24-17(13)16(21(2)3)10-20-18(23)22-11-15(12-22)14-4-7-19-8-5-14/h4-9,15-16H,10-12H2,1-3H3,(H,20,23)/t16-/m0/s1. The summed E-state index contributed by atoms with van der Waals surface area (Å²) in [4.78, 5) is 21.8. The van der Waals surface area contributed by atoms with E-state index in [1.54, 1.807) is 11.3 Å². The Labute approximate surface area is 147 Å². The molecule has 0 aliphatic carbocycles. The van der Waals surface area contributed by atoms with Gasteiger partial charge in [-0.15, -0.1) is 11.3 Å². The molecule has 2 amide bonds. The third-order valence-electron chi connectivity index (χ3n) is 4.62. The molecule has 24 heavy (non-hydrogen) atoms. The second kappa shape index (κ2) is 7.32. The second-order valence-electron chi connectivity index (χ2n) is 6.52. The molecular weight excluding hydrogens is 320 g/mol. The van der Waals surface area contributed by atoms with Crippen LogP contribution in [0, 0.1) is 6.92 Å². The summed E-state index contributed by atoms with van der Waals surface area (Å²) in [5.41, 5.74) is 2.55. The van der Waals surface area contributed by atoms with E-state index in [0.29, 0.717) is 12.5 Å². The van der Waals surface area contributed by atoms with Gasteiger partial charge in [-0.2, -0.15) is 0 Å². The summed E-state index contributed by atoms with van der Waals surface area (Å²) in [7, 11) is 4.11. The topological polar surface area (TPSA) is 48.5 Å². The van der Waals surface area contributed by atoms with Crippen LogP contribution >= 0.6 is 11.3 Å². The first-order valence-electron chi connectivity index (χ1n) is 8.19. The number of thiophene rings is 1. The second-order valence-corrected chi connectivity index (χ2v) is 7.46. The molecule has 0 spiro atoms. The lowest BCUT2D eigenvalue weighted by molar-refractivity contribution is 0.148. The molecule has 0 saturated carbocycles. The highest BCUT2D eigenvalue weighted by Crippen LogP contribution is 2.28. The van der Waals surface area contributed by atoms with Crippen LogP contribution in [0.25, 0.3) is 0 Å². The van der Waals surface area contributed by atoms with Gasteiger partial charge in [0.25, 0.3) is 0 Å². The van der Waals surface area contributed by atoms with E-state index < -0.39 is 0 Å². The molecule has 2 aromatic heterocycles. The number of likely N-dealkylation sites (N-methyl/N-ethyl adjacent to an activating group) is 1. The summed E-state index contributed by atoms with van der Waals surface area (Å²) >= 11 is 1.75. The maximum atomic E-state index is 12.4. The fourth-order valence-electron chi connectivity index (χ4n) is 3.02. The van der Waals surface area contributed by atoms with Gasteiger partial charge in [0.05, 0.1) is 6.04 Å². The van der Waals surface area contributed by atoms with Crippen LogP contribution < -0.4 is 5.32 Å². The molecule has 5 nitrogen and oxygen atoms in total. The summed E-state index contributed by atoms with van der Waals surface area (Å²) in [5, 5.41) is 5.20. The average molecular weight is 344 g/mol. The average Bonchev–Trinajstić information content (AvgIpc) is 2.93. The molecule has 128 valence electrons. The van der Waals surface area contributed by atoms with E-state index in [1.165, 1.54) is 16.0 Å². The van der Waals surface area contributed by atoms with Crippen molar-refractivity contribution < 1.29 is 4.79 Å². The Kier molecular flexibility index (Phi) is 5.16. The predicted octanol–water partition coefficient (Wildman–Crippen LogP) is 2.86. The van der Waals surface area contributed by atoms with Gasteiger partial charge < -0.3 is 15.1 Å². The Bertz CT molecular complexity index is 679. The first-order chi connectivity index (χ1) is 11.6. The lowest BCUT2D eigenvalue weighted by Crippen LogP contribution is -2.53. The quantitative estimate of drug-likeness (QED) is 0.907. The van der Waals surface area contributed by atoms with Crippen molar-refractivity contribution in [2.75, 3.05) is 33.7 Å². The van der Waals surface area contributed by atoms with Gasteiger partial charge in [-0.1, -0.05) is 0 Å². The third kappa shape index (κ3) is 3.60. The maximum Gasteiger partial charge on any atom is 0.317 e. The zero-order chi connectivity index (χ0) is 17.1. The molecule has 1 fully saturated rings. The van der Waals surface area contributed by atoms with Crippen molar-refractivity contribution in [3.05, 3.63) is 52.0 Å². The summed E-state index contributed by atoms with van der Waals surface area (Å²) in [5.74, 6) is 0.433. The first-order valence-corrected chi connectivity index (χ1v) is 9.07. The molecule has 0 unspecified atom stereocenters. The van der Waals surface area contributed by atoms with Gasteiger partial charge in [0.2, 0.25) is 0 Å². The molecule has 1 saturated heterocycles. The molecule has 3 heterocycles. The van der Waals surface area contributed by atoms with Gasteiger partial charge >= 0.3 is 6.03 Å². The molecule has 1 aliphatic heterocycles. The van der Waals surface area contributed by atoms with Gasteiger partial charge in [0, 0.05) is 42.8 Å². The lowest BCUT2D eigenvalue weighted by Gasteiger charge is -2.39. The zero-order valence-electron chi connectivity index (χ0n) is 14.4. The largest absolute Gasteiger partial charge is 0.336 e. The number of urea groups is 1. The number of likely N-dealkylation sites (tertiary alicyclic amines) is 1. The minimum absolute atomic E-state index is 0.0290. The number of nitrogens with zero attached hydrogens (tertiary/aromatic N) is 3. The summed E-state index contributed by atoms with van der Waals surface area (Å²) in [6, 6.07) is 6.43. The number of rotatable bonds is 5. The number of carbonyl (C=O) groups is 1. The van der Waals surface area contributed by atoms with Crippen LogP contribution in [0.3, 0.4) is 0 Å². The van der Waals surface area contributed by atoms with E-state index in [0.717, 1.165) is 13.1 Å². The lowest BCUT2D eigenvalue weighted by atomic mass is 9.93. The van der Waals surface area contributed by atoms with Crippen LogP contribution in [0.2, 0.25) is 0 Å². The van der Waals surface area contributed by atoms with Crippen molar-refractivity contribution in [2.24, 2.45) is 0 Å². The van der Waals surface area contributed by atoms with Gasteiger partial charge in [-0.05, 0) is 55.7 Å². The third-order valence-corrected chi connectivity index (χ3v) is 5.74. The van der Waals surface area contributed by atoms with E-state index in [9.17, 15) is 4.79 Å². The van der Waals surface area contributed by atoms with Crippen LogP contribution in [-0.4, -0.2) is 54.5 Å². The molecule has 2 aromatic rings. The Morgan fingerprint density at radius 2 is 2.08 bits per heavy atom. The molecule has 1 atom stereocenters. The highest BCUT2D eigenvalue weighted by molar-refractivity contribution is 7.10. The SMILES string of the molecule is Cc1ccsc1[C@H](CNC(=O)N1CC(c2ccncc2)C1)N(C)C. The van der Waals surface area contributed by atoms with E-state index in [-0.39, 0.29) is 12.1 Å². The number of nitrogens with one attached hydrogen (secondary N) is 1. The minimum atomic E-state index is 0.0290. The monoisotopic (exact) mass is 344 g/mol. The van der Waals surface area contributed by atoms with Crippen molar-refractivity contribution >= 4 is 17.4 Å². The number of hydrogen-bond donors (Lipinski definition) is 1. The molecule has 3 rings (SSSR count). The zero-order valence-corrected chi connectivity index (χ0v) is 15.2. The predicted molar refractivity (Wildman–Crippen MR) is 97.4 cm³/mol. The molecule has 6 heteroatoms. The number of pyridine rings is 1. The first kappa shape index (κ1) is 16.9. The Morgan fingerprint density at radius 1 is 1.38 bits per heavy atom. The van der Waals surface area contributed by atoms with Crippen LogP contribution in [0.4, 0.5) is 4.79 Å². The van der Waals surface area contributed by atoms with Crippen molar-refractivity contribution in [3.8, 4) is 0 Å². The number of amides is 2. The number of carbonyl (C=O) groups excluding carboxylic acids is 1. The Morgan fingerprint density at radius 3 is 2.67 bits per heavy atom. The summed E-state index contributed by atoms with van der Waals surface area (Å²) in [6.45, 7) is 4.31. The molecule has 0 radical (unpaired) electrons. The fourth-order valence-corrected chi connectivity index (χ4v) is 4.15. The Balaban J connectivity index is 1.52. The van der Waals surface area contributed by atoms with Gasteiger partial charge in [-0.3, -0.25) is 4.98 Å². The maximum absolute atomic E-state index is 12.4. The molecule has 0 aromatic carbocycles. The Hall–Kier alpha value is -1.92. The van der Waals surface area contributed by atoms with Gasteiger partial charge in [0.1, 0.15) is 0 Å². The van der Waals surface area contributed by atoms with Crippen molar-refractivity contribution in [1.29, 1.82) is 0 Å². The number of hydrogen-bond acceptors (Lipinski definition) is 4. The number of aryl methyl sites for hydroxylation is 1.